The molecule has 2 N–H and O–H groups in total. The zero-order valence-electron chi connectivity index (χ0n) is 19.4. The number of fused-ring (bicyclic) bond motifs is 1. The molecule has 3 rings (SSSR count). The van der Waals surface area contributed by atoms with E-state index in [0.29, 0.717) is 22.4 Å². The zero-order chi connectivity index (χ0) is 22.9. The first kappa shape index (κ1) is 26.4. The number of ether oxygens (including phenoxy) is 1. The summed E-state index contributed by atoms with van der Waals surface area (Å²) in [4.78, 5) is 24.7. The maximum Gasteiger partial charge on any atom is 1.00 e. The van der Waals surface area contributed by atoms with Crippen molar-refractivity contribution in [3.05, 3.63) is 74.3 Å². The first-order valence-corrected chi connectivity index (χ1v) is 10.1. The molecule has 0 aliphatic heterocycles. The fraction of sp³-hybridized carbons (Fsp3) is 0.304. The zero-order valence-corrected chi connectivity index (χ0v) is 21.1. The number of aliphatic hydroxyl groups excluding tert-OH is 1. The Morgan fingerprint density at radius 3 is 2.53 bits per heavy atom. The third-order valence-electron chi connectivity index (χ3n) is 5.39. The minimum Gasteiger partial charge on any atom is -1.00 e. The van der Waals surface area contributed by atoms with E-state index in [9.17, 15) is 24.2 Å². The quantitative estimate of drug-likeness (QED) is 0.508. The van der Waals surface area contributed by atoms with E-state index < -0.39 is 28.8 Å². The summed E-state index contributed by atoms with van der Waals surface area (Å²) in [5.41, 5.74) is 0.184. The Hall–Kier alpha value is -1.90. The molecule has 0 spiro atoms. The van der Waals surface area contributed by atoms with Crippen molar-refractivity contribution in [1.82, 2.24) is 4.57 Å². The van der Waals surface area contributed by atoms with Crippen molar-refractivity contribution < 1.29 is 55.1 Å². The maximum absolute atomic E-state index is 14.4. The Balaban J connectivity index is 0.00000272. The first-order valence-electron chi connectivity index (χ1n) is 9.72. The molecule has 1 atom stereocenters. The van der Waals surface area contributed by atoms with Crippen LogP contribution in [0.2, 0.25) is 5.02 Å². The van der Waals surface area contributed by atoms with Gasteiger partial charge in [-0.2, -0.15) is 0 Å². The number of halogens is 2. The molecule has 0 radical (unpaired) electrons. The number of aliphatic hydroxyl groups is 1. The molecular weight excluding hydrogens is 448 g/mol. The number of carboxylic acid groups (broad SMARTS) is 1. The van der Waals surface area contributed by atoms with Crippen LogP contribution >= 0.6 is 11.6 Å². The van der Waals surface area contributed by atoms with Gasteiger partial charge in [0.15, 0.2) is 0 Å². The second kappa shape index (κ2) is 10.8. The fourth-order valence-electron chi connectivity index (χ4n) is 3.69. The first-order chi connectivity index (χ1) is 14.7. The van der Waals surface area contributed by atoms with Crippen molar-refractivity contribution in [2.24, 2.45) is 5.92 Å². The van der Waals surface area contributed by atoms with E-state index in [1.165, 1.54) is 25.4 Å². The SMILES string of the molecule is COc1cc2c(cc1Cc1cccc(Cl)c1F)c(=O)c(C(=O)O)cn2[C@H](CO)C(C)C.[H-].[Na+]. The molecule has 6 nitrogen and oxygen atoms in total. The number of carbonyl (C=O) groups is 1. The largest absolute Gasteiger partial charge is 1.00 e. The smallest absolute Gasteiger partial charge is 1.00 e. The molecule has 0 fully saturated rings. The molecule has 1 heterocycles. The Morgan fingerprint density at radius 1 is 1.28 bits per heavy atom. The van der Waals surface area contributed by atoms with Gasteiger partial charge in [0.2, 0.25) is 5.43 Å². The predicted molar refractivity (Wildman–Crippen MR) is 118 cm³/mol. The molecule has 3 aromatic rings. The molecule has 0 bridgehead atoms. The average molecular weight is 472 g/mol. The molecule has 0 aliphatic rings. The number of methoxy groups -OCH3 is 1. The van der Waals surface area contributed by atoms with Gasteiger partial charge in [-0.3, -0.25) is 4.79 Å². The van der Waals surface area contributed by atoms with Gasteiger partial charge in [-0.1, -0.05) is 37.6 Å². The van der Waals surface area contributed by atoms with Gasteiger partial charge in [0.1, 0.15) is 17.1 Å². The molecule has 1 aromatic heterocycles. The normalized spacial score (nSPS) is 12.0. The third-order valence-corrected chi connectivity index (χ3v) is 5.68. The fourth-order valence-corrected chi connectivity index (χ4v) is 3.88. The Labute approximate surface area is 213 Å². The van der Waals surface area contributed by atoms with E-state index in [4.69, 9.17) is 16.3 Å². The minimum atomic E-state index is -1.36. The van der Waals surface area contributed by atoms with E-state index in [1.807, 2.05) is 13.8 Å². The number of pyridine rings is 1. The number of hydrogen-bond acceptors (Lipinski definition) is 4. The standard InChI is InChI=1S/C23H23ClFNO5.Na.H/c1-12(2)19(11-27)26-10-16(23(29)30)22(28)15-8-14(20(31-3)9-18(15)26)7-13-5-4-6-17(24)21(13)25;;/h4-6,8-10,12,19,27H,7,11H2,1-3H3,(H,29,30);;/q;+1;-1/t19-;;/m1../s1. The van der Waals surface area contributed by atoms with E-state index >= 15 is 0 Å². The van der Waals surface area contributed by atoms with Crippen molar-refractivity contribution in [3.8, 4) is 5.75 Å². The second-order valence-electron chi connectivity index (χ2n) is 7.65. The van der Waals surface area contributed by atoms with Gasteiger partial charge >= 0.3 is 35.5 Å². The Kier molecular flexibility index (Phi) is 8.90. The van der Waals surface area contributed by atoms with E-state index in [1.54, 1.807) is 22.8 Å². The van der Waals surface area contributed by atoms with Crippen LogP contribution in [0, 0.1) is 11.7 Å². The number of carboxylic acids is 1. The molecule has 0 unspecified atom stereocenters. The molecule has 2 aromatic carbocycles. The van der Waals surface area contributed by atoms with Crippen molar-refractivity contribution >= 4 is 28.5 Å². The van der Waals surface area contributed by atoms with Crippen molar-refractivity contribution in [3.63, 3.8) is 0 Å². The summed E-state index contributed by atoms with van der Waals surface area (Å²) in [5, 5.41) is 19.6. The predicted octanol–water partition coefficient (Wildman–Crippen LogP) is 1.40. The van der Waals surface area contributed by atoms with Crippen LogP contribution in [0.1, 0.15) is 42.8 Å². The summed E-state index contributed by atoms with van der Waals surface area (Å²) in [6, 6.07) is 7.33. The van der Waals surface area contributed by atoms with Gasteiger partial charge in [0.05, 0.1) is 30.3 Å². The summed E-state index contributed by atoms with van der Waals surface area (Å²) in [5.74, 6) is -1.56. The van der Waals surface area contributed by atoms with Crippen LogP contribution in [-0.2, 0) is 6.42 Å². The Bertz CT molecular complexity index is 1220. The topological polar surface area (TPSA) is 88.8 Å². The molecular formula is C23H24ClFNNaO5. The van der Waals surface area contributed by atoms with Crippen LogP contribution in [0.5, 0.6) is 5.75 Å². The van der Waals surface area contributed by atoms with Crippen molar-refractivity contribution in [1.29, 1.82) is 0 Å². The summed E-state index contributed by atoms with van der Waals surface area (Å²) in [6.45, 7) is 3.53. The number of nitrogens with zero attached hydrogens (tertiary/aromatic N) is 1. The number of hydrogen-bond donors (Lipinski definition) is 2. The van der Waals surface area contributed by atoms with E-state index in [2.05, 4.69) is 0 Å². The monoisotopic (exact) mass is 471 g/mol. The molecule has 32 heavy (non-hydrogen) atoms. The molecule has 166 valence electrons. The third kappa shape index (κ3) is 5.02. The Morgan fingerprint density at radius 2 is 1.97 bits per heavy atom. The van der Waals surface area contributed by atoms with Gasteiger partial charge in [0.25, 0.3) is 0 Å². The summed E-state index contributed by atoms with van der Waals surface area (Å²) >= 11 is 5.88. The van der Waals surface area contributed by atoms with Crippen LogP contribution in [0.3, 0.4) is 0 Å². The van der Waals surface area contributed by atoms with Crippen molar-refractivity contribution in [2.45, 2.75) is 26.3 Å². The maximum atomic E-state index is 14.4. The number of aromatic carboxylic acids is 1. The van der Waals surface area contributed by atoms with Crippen molar-refractivity contribution in [2.75, 3.05) is 13.7 Å². The average Bonchev–Trinajstić information content (AvgIpc) is 2.72. The van der Waals surface area contributed by atoms with Crippen LogP contribution in [-0.4, -0.2) is 34.5 Å². The summed E-state index contributed by atoms with van der Waals surface area (Å²) in [6.07, 6.45) is 1.35. The molecule has 0 saturated heterocycles. The van der Waals surface area contributed by atoms with Gasteiger partial charge in [-0.25, -0.2) is 9.18 Å². The minimum absolute atomic E-state index is 0. The molecule has 0 amide bonds. The van der Waals surface area contributed by atoms with E-state index in [0.717, 1.165) is 0 Å². The van der Waals surface area contributed by atoms with Crippen LogP contribution in [0.25, 0.3) is 10.9 Å². The molecule has 9 heteroatoms. The second-order valence-corrected chi connectivity index (χ2v) is 8.06. The van der Waals surface area contributed by atoms with Crippen LogP contribution < -0.4 is 39.7 Å². The number of aromatic nitrogens is 1. The summed E-state index contributed by atoms with van der Waals surface area (Å²) < 4.78 is 21.5. The summed E-state index contributed by atoms with van der Waals surface area (Å²) in [7, 11) is 1.46. The van der Waals surface area contributed by atoms with E-state index in [-0.39, 0.29) is 60.3 Å². The molecule has 0 saturated carbocycles. The van der Waals surface area contributed by atoms with Gasteiger partial charge in [-0.05, 0) is 29.2 Å². The van der Waals surface area contributed by atoms with Crippen LogP contribution in [0.15, 0.2) is 41.3 Å². The van der Waals surface area contributed by atoms with Gasteiger partial charge in [0, 0.05) is 24.1 Å². The number of rotatable bonds is 7. The van der Waals surface area contributed by atoms with Gasteiger partial charge in [-0.15, -0.1) is 0 Å². The van der Waals surface area contributed by atoms with Crippen LogP contribution in [0.4, 0.5) is 4.39 Å². The number of benzene rings is 2. The van der Waals surface area contributed by atoms with Gasteiger partial charge < -0.3 is 20.9 Å². The molecule has 0 aliphatic carbocycles.